The summed E-state index contributed by atoms with van der Waals surface area (Å²) in [5.41, 5.74) is 4.73. The maximum atomic E-state index is 11.8. The fraction of sp³-hybridized carbons (Fsp3) is 0.842. The van der Waals surface area contributed by atoms with Gasteiger partial charge in [-0.1, -0.05) is 25.0 Å². The maximum absolute atomic E-state index is 11.8. The van der Waals surface area contributed by atoms with E-state index in [0.717, 1.165) is 25.2 Å². The Morgan fingerprint density at radius 1 is 1.00 bits per heavy atom. The number of ketones is 1. The topological polar surface area (TPSA) is 17.1 Å². The lowest BCUT2D eigenvalue weighted by Gasteiger charge is -2.55. The minimum atomic E-state index is 0.443. The van der Waals surface area contributed by atoms with E-state index in [1.54, 1.807) is 0 Å². The third-order valence-corrected chi connectivity index (χ3v) is 7.58. The largest absolute Gasteiger partial charge is 0.300 e. The van der Waals surface area contributed by atoms with Crippen LogP contribution in [0.5, 0.6) is 0 Å². The Hall–Kier alpha value is -0.590. The molecule has 20 heavy (non-hydrogen) atoms. The van der Waals surface area contributed by atoms with E-state index in [1.807, 2.05) is 11.1 Å². The molecule has 1 heteroatoms. The van der Waals surface area contributed by atoms with Crippen LogP contribution in [0.15, 0.2) is 11.1 Å². The Balaban J connectivity index is 1.74. The average molecular weight is 272 g/mol. The standard InChI is InChI=1S/C19H28O/c1-18-9-3-4-16(18)15-6-5-13-12-14(20)7-11-19(13,2)17(15)8-10-18/h13,17H,3-12H2,1-2H3/t13?,17-,18-,19-/m0/s1. The van der Waals surface area contributed by atoms with E-state index in [1.165, 1.54) is 44.9 Å². The van der Waals surface area contributed by atoms with Gasteiger partial charge in [-0.25, -0.2) is 0 Å². The first-order chi connectivity index (χ1) is 9.53. The molecule has 0 amide bonds. The molecule has 0 saturated heterocycles. The van der Waals surface area contributed by atoms with Crippen molar-refractivity contribution in [3.8, 4) is 0 Å². The van der Waals surface area contributed by atoms with Crippen molar-refractivity contribution >= 4 is 5.78 Å². The van der Waals surface area contributed by atoms with E-state index in [2.05, 4.69) is 13.8 Å². The third-order valence-electron chi connectivity index (χ3n) is 7.58. The second-order valence-corrected chi connectivity index (χ2v) is 8.49. The molecule has 3 saturated carbocycles. The van der Waals surface area contributed by atoms with E-state index < -0.39 is 0 Å². The summed E-state index contributed by atoms with van der Waals surface area (Å²) in [4.78, 5) is 11.8. The second-order valence-electron chi connectivity index (χ2n) is 8.49. The zero-order chi connectivity index (χ0) is 14.0. The van der Waals surface area contributed by atoms with Crippen LogP contribution in [-0.4, -0.2) is 5.78 Å². The summed E-state index contributed by atoms with van der Waals surface area (Å²) in [6.45, 7) is 5.05. The quantitative estimate of drug-likeness (QED) is 0.564. The van der Waals surface area contributed by atoms with Crippen LogP contribution in [0.4, 0.5) is 0 Å². The van der Waals surface area contributed by atoms with Gasteiger partial charge in [0, 0.05) is 12.8 Å². The molecule has 0 spiro atoms. The highest BCUT2D eigenvalue weighted by Gasteiger charge is 2.52. The first-order valence-electron chi connectivity index (χ1n) is 8.77. The molecule has 1 nitrogen and oxygen atoms in total. The van der Waals surface area contributed by atoms with Gasteiger partial charge in [-0.05, 0) is 74.0 Å². The van der Waals surface area contributed by atoms with Crippen LogP contribution in [0.2, 0.25) is 0 Å². The van der Waals surface area contributed by atoms with Crippen LogP contribution in [-0.2, 0) is 4.79 Å². The van der Waals surface area contributed by atoms with Crippen molar-refractivity contribution < 1.29 is 4.79 Å². The minimum absolute atomic E-state index is 0.443. The number of fused-ring (bicyclic) bond motifs is 4. The molecule has 0 aromatic carbocycles. The molecule has 110 valence electrons. The van der Waals surface area contributed by atoms with Crippen molar-refractivity contribution in [2.45, 2.75) is 78.1 Å². The maximum Gasteiger partial charge on any atom is 0.133 e. The molecule has 4 rings (SSSR count). The summed E-state index contributed by atoms with van der Waals surface area (Å²) >= 11 is 0. The smallest absolute Gasteiger partial charge is 0.133 e. The molecule has 0 heterocycles. The van der Waals surface area contributed by atoms with Gasteiger partial charge in [-0.15, -0.1) is 0 Å². The summed E-state index contributed by atoms with van der Waals surface area (Å²) in [7, 11) is 0. The van der Waals surface area contributed by atoms with E-state index in [-0.39, 0.29) is 0 Å². The Bertz CT molecular complexity index is 488. The average Bonchev–Trinajstić information content (AvgIpc) is 2.81. The second kappa shape index (κ2) is 4.21. The lowest BCUT2D eigenvalue weighted by atomic mass is 9.49. The monoisotopic (exact) mass is 272 g/mol. The van der Waals surface area contributed by atoms with Crippen LogP contribution in [0.1, 0.15) is 78.1 Å². The highest BCUT2D eigenvalue weighted by molar-refractivity contribution is 5.79. The first-order valence-corrected chi connectivity index (χ1v) is 8.77. The number of hydrogen-bond acceptors (Lipinski definition) is 1. The van der Waals surface area contributed by atoms with Gasteiger partial charge in [0.25, 0.3) is 0 Å². The van der Waals surface area contributed by atoms with Crippen molar-refractivity contribution in [2.75, 3.05) is 0 Å². The van der Waals surface area contributed by atoms with Gasteiger partial charge < -0.3 is 0 Å². The number of hydrogen-bond donors (Lipinski definition) is 0. The molecule has 0 N–H and O–H groups in total. The summed E-state index contributed by atoms with van der Waals surface area (Å²) in [5.74, 6) is 2.03. The van der Waals surface area contributed by atoms with Gasteiger partial charge in [0.1, 0.15) is 5.78 Å². The molecule has 4 aliphatic rings. The minimum Gasteiger partial charge on any atom is -0.300 e. The first kappa shape index (κ1) is 13.1. The zero-order valence-corrected chi connectivity index (χ0v) is 13.1. The zero-order valence-electron chi connectivity index (χ0n) is 13.1. The molecule has 0 bridgehead atoms. The van der Waals surface area contributed by atoms with Gasteiger partial charge in [0.2, 0.25) is 0 Å². The highest BCUT2D eigenvalue weighted by atomic mass is 16.1. The third kappa shape index (κ3) is 1.64. The van der Waals surface area contributed by atoms with E-state index in [0.29, 0.717) is 22.5 Å². The fourth-order valence-electron chi connectivity index (χ4n) is 6.28. The van der Waals surface area contributed by atoms with Crippen LogP contribution >= 0.6 is 0 Å². The lowest BCUT2D eigenvalue weighted by molar-refractivity contribution is -0.127. The predicted molar refractivity (Wildman–Crippen MR) is 81.4 cm³/mol. The van der Waals surface area contributed by atoms with E-state index in [4.69, 9.17) is 0 Å². The molecule has 0 radical (unpaired) electrons. The van der Waals surface area contributed by atoms with Gasteiger partial charge >= 0.3 is 0 Å². The van der Waals surface area contributed by atoms with Crippen molar-refractivity contribution in [3.05, 3.63) is 11.1 Å². The molecule has 0 aromatic rings. The Labute approximate surface area is 123 Å². The molecule has 3 fully saturated rings. The molecule has 4 atom stereocenters. The normalized spacial score (nSPS) is 47.8. The van der Waals surface area contributed by atoms with Crippen LogP contribution in [0.25, 0.3) is 0 Å². The molecule has 1 unspecified atom stereocenters. The van der Waals surface area contributed by atoms with Crippen molar-refractivity contribution in [1.29, 1.82) is 0 Å². The Kier molecular flexibility index (Phi) is 2.76. The number of Topliss-reactive ketones (excluding diaryl/α,β-unsaturated/α-hetero) is 1. The van der Waals surface area contributed by atoms with E-state index >= 15 is 0 Å². The summed E-state index contributed by atoms with van der Waals surface area (Å²) in [6, 6.07) is 0. The fourth-order valence-corrected chi connectivity index (χ4v) is 6.28. The van der Waals surface area contributed by atoms with Crippen LogP contribution in [0.3, 0.4) is 0 Å². The summed E-state index contributed by atoms with van der Waals surface area (Å²) in [6.07, 6.45) is 12.5. The molecule has 0 aromatic heterocycles. The van der Waals surface area contributed by atoms with Crippen molar-refractivity contribution in [2.24, 2.45) is 22.7 Å². The Morgan fingerprint density at radius 2 is 1.85 bits per heavy atom. The summed E-state index contributed by atoms with van der Waals surface area (Å²) < 4.78 is 0. The van der Waals surface area contributed by atoms with Gasteiger partial charge in [0.15, 0.2) is 0 Å². The molecule has 4 aliphatic carbocycles. The van der Waals surface area contributed by atoms with Crippen LogP contribution < -0.4 is 0 Å². The van der Waals surface area contributed by atoms with Crippen molar-refractivity contribution in [3.63, 3.8) is 0 Å². The number of allylic oxidation sites excluding steroid dienone is 2. The number of rotatable bonds is 0. The number of carbonyl (C=O) groups is 1. The lowest BCUT2D eigenvalue weighted by Crippen LogP contribution is -2.46. The molecular weight excluding hydrogens is 244 g/mol. The van der Waals surface area contributed by atoms with Gasteiger partial charge in [0.05, 0.1) is 0 Å². The Morgan fingerprint density at radius 3 is 2.70 bits per heavy atom. The molecular formula is C19H28O. The van der Waals surface area contributed by atoms with Gasteiger partial charge in [-0.2, -0.15) is 0 Å². The SMILES string of the molecule is C[C@@]12CCCC1=C1CCC3CC(=O)CC[C@]3(C)[C@H]1CC2. The number of carbonyl (C=O) groups excluding carboxylic acids is 1. The van der Waals surface area contributed by atoms with E-state index in [9.17, 15) is 4.79 Å². The van der Waals surface area contributed by atoms with Crippen molar-refractivity contribution in [1.82, 2.24) is 0 Å². The highest BCUT2D eigenvalue weighted by Crippen LogP contribution is 2.63. The predicted octanol–water partition coefficient (Wildman–Crippen LogP) is 5.05. The molecule has 0 aliphatic heterocycles. The van der Waals surface area contributed by atoms with Gasteiger partial charge in [-0.3, -0.25) is 4.79 Å². The summed E-state index contributed by atoms with van der Waals surface area (Å²) in [5, 5.41) is 0. The van der Waals surface area contributed by atoms with Crippen LogP contribution in [0, 0.1) is 22.7 Å².